The molecule has 0 radical (unpaired) electrons. The van der Waals surface area contributed by atoms with Gasteiger partial charge in [0.2, 0.25) is 17.5 Å². The quantitative estimate of drug-likeness (QED) is 0.155. The molecule has 3 spiro atoms. The molecule has 3 atom stereocenters. The van der Waals surface area contributed by atoms with Gasteiger partial charge in [-0.15, -0.1) is 43.2 Å². The number of nitrogens with zero attached hydrogens (tertiary/aromatic N) is 24. The fraction of sp³-hybridized carbons (Fsp3) is 0.236. The maximum Gasteiger partial charge on any atom is 0.584 e. The Balaban J connectivity index is 0.000000107. The minimum atomic E-state index is -4.59. The van der Waals surface area contributed by atoms with Crippen LogP contribution in [0.5, 0.6) is 0 Å². The first-order chi connectivity index (χ1) is 41.9. The van der Waals surface area contributed by atoms with Crippen molar-refractivity contribution >= 4 is 0 Å². The van der Waals surface area contributed by atoms with Gasteiger partial charge in [0.15, 0.2) is 65.1 Å². The van der Waals surface area contributed by atoms with Gasteiger partial charge in [0, 0.05) is 60.7 Å². The summed E-state index contributed by atoms with van der Waals surface area (Å²) in [5.74, 6) is -0.869. The molecule has 18 heterocycles. The molecule has 0 bridgehead atoms. The Morgan fingerprint density at radius 3 is 1.20 bits per heavy atom. The van der Waals surface area contributed by atoms with Gasteiger partial charge >= 0.3 is 36.3 Å². The van der Waals surface area contributed by atoms with E-state index in [1.807, 2.05) is 56.3 Å². The third-order valence-electron chi connectivity index (χ3n) is 16.1. The van der Waals surface area contributed by atoms with Crippen molar-refractivity contribution in [2.45, 2.75) is 83.2 Å². The van der Waals surface area contributed by atoms with Crippen LogP contribution in [-0.2, 0) is 41.7 Å². The molecule has 12 aromatic rings. The normalized spacial score (nSPS) is 18.8. The maximum absolute atomic E-state index is 13.6. The summed E-state index contributed by atoms with van der Waals surface area (Å²) in [7, 11) is 0. The van der Waals surface area contributed by atoms with Gasteiger partial charge in [-0.3, -0.25) is 9.97 Å². The highest BCUT2D eigenvalue weighted by molar-refractivity contribution is 5.59. The first-order valence-corrected chi connectivity index (χ1v) is 26.9. The fourth-order valence-electron chi connectivity index (χ4n) is 12.6. The lowest BCUT2D eigenvalue weighted by atomic mass is 9.87. The van der Waals surface area contributed by atoms with Crippen molar-refractivity contribution in [3.63, 3.8) is 0 Å². The summed E-state index contributed by atoms with van der Waals surface area (Å²) >= 11 is 0. The van der Waals surface area contributed by atoms with E-state index < -0.39 is 53.3 Å². The van der Waals surface area contributed by atoms with Crippen molar-refractivity contribution < 1.29 is 66.9 Å². The van der Waals surface area contributed by atoms with Crippen LogP contribution in [0.1, 0.15) is 60.9 Å². The molecule has 0 aromatic carbocycles. The zero-order valence-corrected chi connectivity index (χ0v) is 46.4. The predicted octanol–water partition coefficient (Wildman–Crippen LogP) is 4.13. The zero-order chi connectivity index (χ0) is 61.1. The van der Waals surface area contributed by atoms with Crippen molar-refractivity contribution in [1.82, 2.24) is 88.6 Å². The topological polar surface area (TPSA) is 208 Å². The number of fused-ring (bicyclic) bond motifs is 30. The van der Waals surface area contributed by atoms with E-state index in [1.54, 1.807) is 110 Å². The summed E-state index contributed by atoms with van der Waals surface area (Å²) in [6.07, 6.45) is 4.43. The molecule has 438 valence electrons. The number of aryl methyl sites for hydroxylation is 3. The van der Waals surface area contributed by atoms with Gasteiger partial charge in [-0.25, -0.2) is 15.0 Å². The molecule has 3 unspecified atom stereocenters. The van der Waals surface area contributed by atoms with Gasteiger partial charge in [0.05, 0.1) is 12.4 Å². The number of rotatable bonds is 0. The van der Waals surface area contributed by atoms with E-state index in [4.69, 9.17) is 0 Å². The second kappa shape index (κ2) is 17.0. The summed E-state index contributed by atoms with van der Waals surface area (Å²) in [5, 5.41) is 25.5. The van der Waals surface area contributed by atoms with Crippen molar-refractivity contribution in [2.24, 2.45) is 0 Å². The van der Waals surface area contributed by atoms with Crippen LogP contribution in [0.4, 0.5) is 39.5 Å². The Morgan fingerprint density at radius 1 is 0.375 bits per heavy atom. The molecule has 0 fully saturated rings. The second-order valence-electron chi connectivity index (χ2n) is 22.3. The van der Waals surface area contributed by atoms with Crippen molar-refractivity contribution in [2.75, 3.05) is 0 Å². The van der Waals surface area contributed by atoms with E-state index in [-0.39, 0.29) is 5.41 Å². The van der Waals surface area contributed by atoms with E-state index in [0.29, 0.717) is 74.8 Å². The zero-order valence-electron chi connectivity index (χ0n) is 46.4. The van der Waals surface area contributed by atoms with Crippen LogP contribution < -0.4 is 27.4 Å². The van der Waals surface area contributed by atoms with Crippen molar-refractivity contribution in [1.29, 1.82) is 0 Å². The predicted molar refractivity (Wildman–Crippen MR) is 274 cm³/mol. The van der Waals surface area contributed by atoms with Crippen LogP contribution in [0, 0.1) is 20.8 Å². The Morgan fingerprint density at radius 2 is 0.773 bits per heavy atom. The molecule has 0 saturated heterocycles. The third kappa shape index (κ3) is 6.65. The third-order valence-corrected chi connectivity index (χ3v) is 16.1. The Kier molecular flexibility index (Phi) is 10.1. The molecular weight excluding hydrogens is 1170 g/mol. The molecule has 88 heavy (non-hydrogen) atoms. The first kappa shape index (κ1) is 52.6. The summed E-state index contributed by atoms with van der Waals surface area (Å²) in [6.45, 7) is 11.5. The molecule has 6 aliphatic heterocycles. The average molecular weight is 1210 g/mol. The number of alkyl halides is 9. The van der Waals surface area contributed by atoms with E-state index in [2.05, 4.69) is 81.3 Å². The van der Waals surface area contributed by atoms with Crippen LogP contribution in [0.15, 0.2) is 141 Å². The lowest BCUT2D eigenvalue weighted by molar-refractivity contribution is -0.991. The van der Waals surface area contributed by atoms with Gasteiger partial charge in [-0.05, 0) is 43.9 Å². The standard InChI is InChI=1S/C21H19F3N8.2C17H11F3N8/c1-12-26-18-15-9-13(19(2,3)4)5-7-29(15)21(32(18)27-12)30-8-6-25-11-16(30)14-10-17(20(22,23)24)28-31(14)21;1-10-22-15-12-4-2-3-7-25(12)17(28(15)23-10)26-9-21-6-5-11(26)13-8-14(16(18,19)20)24-27(13)17;1-10-22-15-11-4-2-3-6-25(11)17(28(15)23-10)26-7-5-21-9-13(26)12-8-14(16(18,19)20)24-27(12)17/h5-11H,1-4H3;2*2-9H,1H3/q3*+2. The van der Waals surface area contributed by atoms with Crippen LogP contribution >= 0.6 is 0 Å². The van der Waals surface area contributed by atoms with E-state index >= 15 is 0 Å². The minimum absolute atomic E-state index is 0.129. The Labute approximate surface area is 487 Å². The molecule has 24 nitrogen and oxygen atoms in total. The monoisotopic (exact) mass is 1210 g/mol. The highest BCUT2D eigenvalue weighted by atomic mass is 19.4. The van der Waals surface area contributed by atoms with E-state index in [1.165, 1.54) is 32.6 Å². The molecule has 0 amide bonds. The van der Waals surface area contributed by atoms with Gasteiger partial charge < -0.3 is 0 Å². The summed E-state index contributed by atoms with van der Waals surface area (Å²) < 4.78 is 141. The number of hydrogen-bond acceptors (Lipinski definition) is 12. The second-order valence-corrected chi connectivity index (χ2v) is 22.3. The Hall–Kier alpha value is -10.9. The fourth-order valence-corrected chi connectivity index (χ4v) is 12.6. The Bertz CT molecular complexity index is 4780. The molecule has 18 rings (SSSR count). The number of hydrogen-bond donors (Lipinski definition) is 0. The minimum Gasteiger partial charge on any atom is -0.251 e. The number of pyridine rings is 3. The maximum atomic E-state index is 13.6. The van der Waals surface area contributed by atoms with Gasteiger partial charge in [0.25, 0.3) is 34.8 Å². The largest absolute Gasteiger partial charge is 0.584 e. The highest BCUT2D eigenvalue weighted by Gasteiger charge is 2.73. The van der Waals surface area contributed by atoms with Crippen molar-refractivity contribution in [3.8, 4) is 68.7 Å². The molecule has 0 N–H and O–H groups in total. The summed E-state index contributed by atoms with van der Waals surface area (Å²) in [4.78, 5) is 26.0. The van der Waals surface area contributed by atoms with Gasteiger partial charge in [0.1, 0.15) is 41.8 Å². The number of aromatic nitrogens is 24. The van der Waals surface area contributed by atoms with Crippen LogP contribution in [0.25, 0.3) is 68.7 Å². The molecule has 33 heteroatoms. The lowest BCUT2D eigenvalue weighted by Gasteiger charge is -2.19. The van der Waals surface area contributed by atoms with Crippen LogP contribution in [0.2, 0.25) is 0 Å². The van der Waals surface area contributed by atoms with Gasteiger partial charge in [-0.1, -0.05) is 53.4 Å². The lowest BCUT2D eigenvalue weighted by Crippen LogP contribution is -2.77. The first-order valence-electron chi connectivity index (χ1n) is 26.9. The molecule has 0 saturated carbocycles. The highest BCUT2D eigenvalue weighted by Crippen LogP contribution is 2.44. The summed E-state index contributed by atoms with van der Waals surface area (Å²) in [5.41, 5.74) is 2.65. The molecular formula is C55H41F9N24+6. The van der Waals surface area contributed by atoms with Gasteiger partial charge in [-0.2, -0.15) is 54.8 Å². The average Bonchev–Trinajstić information content (AvgIpc) is 1.53. The van der Waals surface area contributed by atoms with Crippen molar-refractivity contribution in [3.05, 3.63) is 181 Å². The molecule has 6 aliphatic rings. The van der Waals surface area contributed by atoms with Crippen LogP contribution in [0.3, 0.4) is 0 Å². The van der Waals surface area contributed by atoms with E-state index in [9.17, 15) is 39.5 Å². The molecule has 0 aliphatic carbocycles. The number of halogens is 9. The smallest absolute Gasteiger partial charge is 0.251 e. The van der Waals surface area contributed by atoms with E-state index in [0.717, 1.165) is 35.2 Å². The summed E-state index contributed by atoms with van der Waals surface area (Å²) in [6, 6.07) is 19.8. The SMILES string of the molecule is Cc1nc2n(n1)C1(n3nc(C(F)(F)F)cc3-c3ccnc[n+]31)[n+]1ccccc1-2.Cc1nc2n(n1)C1(n3nc(C(F)(F)F)cc3-c3cncc[n+]31)[n+]1ccc(C(C)(C)C)cc1-2.Cc1nc2n(n1)C1(n3nc(C(F)(F)F)cc3-c3cncc[n+]31)[n+]1ccccc1-2. The molecule has 12 aromatic heterocycles. The van der Waals surface area contributed by atoms with Crippen LogP contribution in [-0.4, -0.2) is 88.6 Å².